The first-order valence-corrected chi connectivity index (χ1v) is 6.83. The summed E-state index contributed by atoms with van der Waals surface area (Å²) in [5.74, 6) is 0. The van der Waals surface area contributed by atoms with Gasteiger partial charge in [-0.05, 0) is 59.1 Å². The molecule has 0 atom stereocenters. The lowest BCUT2D eigenvalue weighted by Gasteiger charge is -2.13. The van der Waals surface area contributed by atoms with Crippen LogP contribution < -0.4 is 5.32 Å². The minimum Gasteiger partial charge on any atom is -0.384 e. The quantitative estimate of drug-likeness (QED) is 0.853. The SMILES string of the molecule is Cc1ccc2nc(C)cc(NCCCN(C)C)c2c1.Cl. The van der Waals surface area contributed by atoms with Crippen LogP contribution in [0.1, 0.15) is 17.7 Å². The van der Waals surface area contributed by atoms with Crippen molar-refractivity contribution in [2.45, 2.75) is 20.3 Å². The number of halogens is 1. The van der Waals surface area contributed by atoms with Gasteiger partial charge in [-0.25, -0.2) is 0 Å². The number of aryl methyl sites for hydroxylation is 2. The average molecular weight is 294 g/mol. The van der Waals surface area contributed by atoms with Crippen LogP contribution in [0, 0.1) is 13.8 Å². The maximum absolute atomic E-state index is 4.59. The maximum atomic E-state index is 4.59. The van der Waals surface area contributed by atoms with Gasteiger partial charge in [0, 0.05) is 23.3 Å². The molecule has 110 valence electrons. The highest BCUT2D eigenvalue weighted by molar-refractivity contribution is 5.91. The second-order valence-corrected chi connectivity index (χ2v) is 5.42. The van der Waals surface area contributed by atoms with Crippen molar-refractivity contribution in [1.29, 1.82) is 0 Å². The van der Waals surface area contributed by atoms with Gasteiger partial charge in [0.15, 0.2) is 0 Å². The van der Waals surface area contributed by atoms with Crippen molar-refractivity contribution in [3.63, 3.8) is 0 Å². The van der Waals surface area contributed by atoms with E-state index in [0.29, 0.717) is 0 Å². The molecular formula is C16H24ClN3. The van der Waals surface area contributed by atoms with E-state index in [1.54, 1.807) is 0 Å². The Bertz CT molecular complexity index is 567. The number of aromatic nitrogens is 1. The van der Waals surface area contributed by atoms with Crippen LogP contribution in [0.15, 0.2) is 24.3 Å². The first kappa shape index (κ1) is 16.7. The second kappa shape index (κ2) is 7.46. The number of pyridine rings is 1. The van der Waals surface area contributed by atoms with Gasteiger partial charge in [-0.15, -0.1) is 12.4 Å². The molecule has 0 spiro atoms. The number of anilines is 1. The van der Waals surface area contributed by atoms with Crippen LogP contribution in [0.4, 0.5) is 5.69 Å². The van der Waals surface area contributed by atoms with Gasteiger partial charge in [-0.1, -0.05) is 11.6 Å². The molecule has 0 saturated heterocycles. The largest absolute Gasteiger partial charge is 0.384 e. The molecule has 0 unspecified atom stereocenters. The van der Waals surface area contributed by atoms with Gasteiger partial charge in [0.1, 0.15) is 0 Å². The Hall–Kier alpha value is -1.32. The zero-order valence-electron chi connectivity index (χ0n) is 12.7. The lowest BCUT2D eigenvalue weighted by molar-refractivity contribution is 0.405. The summed E-state index contributed by atoms with van der Waals surface area (Å²) in [4.78, 5) is 6.80. The number of benzene rings is 1. The summed E-state index contributed by atoms with van der Waals surface area (Å²) in [5, 5.41) is 4.76. The minimum atomic E-state index is 0. The minimum absolute atomic E-state index is 0. The van der Waals surface area contributed by atoms with Crippen LogP contribution in [0.5, 0.6) is 0 Å². The summed E-state index contributed by atoms with van der Waals surface area (Å²) in [7, 11) is 4.21. The van der Waals surface area contributed by atoms with E-state index in [0.717, 1.165) is 30.7 Å². The number of hydrogen-bond donors (Lipinski definition) is 1. The molecule has 1 aromatic carbocycles. The van der Waals surface area contributed by atoms with Crippen molar-refractivity contribution in [2.75, 3.05) is 32.5 Å². The topological polar surface area (TPSA) is 28.2 Å². The summed E-state index contributed by atoms with van der Waals surface area (Å²) in [6.45, 7) is 6.26. The van der Waals surface area contributed by atoms with Gasteiger partial charge in [0.2, 0.25) is 0 Å². The van der Waals surface area contributed by atoms with Gasteiger partial charge in [-0.2, -0.15) is 0 Å². The maximum Gasteiger partial charge on any atom is 0.0726 e. The van der Waals surface area contributed by atoms with Gasteiger partial charge in [0.05, 0.1) is 5.52 Å². The molecule has 0 bridgehead atoms. The molecule has 0 fully saturated rings. The van der Waals surface area contributed by atoms with Crippen LogP contribution in [0.25, 0.3) is 10.9 Å². The Balaban J connectivity index is 0.00000200. The molecule has 1 heterocycles. The molecule has 2 aromatic rings. The van der Waals surface area contributed by atoms with Gasteiger partial charge in [-0.3, -0.25) is 4.98 Å². The molecule has 0 amide bonds. The highest BCUT2D eigenvalue weighted by atomic mass is 35.5. The molecule has 20 heavy (non-hydrogen) atoms. The molecule has 0 saturated carbocycles. The molecular weight excluding hydrogens is 270 g/mol. The van der Waals surface area contributed by atoms with Crippen LogP contribution in [0.2, 0.25) is 0 Å². The molecule has 2 rings (SSSR count). The summed E-state index contributed by atoms with van der Waals surface area (Å²) >= 11 is 0. The third-order valence-corrected chi connectivity index (χ3v) is 3.19. The van der Waals surface area contributed by atoms with Crippen molar-refractivity contribution >= 4 is 29.0 Å². The molecule has 4 heteroatoms. The van der Waals surface area contributed by atoms with E-state index >= 15 is 0 Å². The van der Waals surface area contributed by atoms with Gasteiger partial charge in [0.25, 0.3) is 0 Å². The third-order valence-electron chi connectivity index (χ3n) is 3.19. The molecule has 0 aliphatic rings. The highest BCUT2D eigenvalue weighted by Gasteiger charge is 2.04. The van der Waals surface area contributed by atoms with Crippen LogP contribution >= 0.6 is 12.4 Å². The van der Waals surface area contributed by atoms with Crippen LogP contribution in [-0.2, 0) is 0 Å². The molecule has 3 nitrogen and oxygen atoms in total. The van der Waals surface area contributed by atoms with Crippen molar-refractivity contribution in [1.82, 2.24) is 9.88 Å². The predicted molar refractivity (Wildman–Crippen MR) is 90.1 cm³/mol. The lowest BCUT2D eigenvalue weighted by atomic mass is 10.1. The Morgan fingerprint density at radius 3 is 2.60 bits per heavy atom. The number of nitrogens with one attached hydrogen (secondary N) is 1. The highest BCUT2D eigenvalue weighted by Crippen LogP contribution is 2.24. The van der Waals surface area contributed by atoms with Gasteiger partial charge < -0.3 is 10.2 Å². The molecule has 1 aromatic heterocycles. The second-order valence-electron chi connectivity index (χ2n) is 5.42. The fourth-order valence-electron chi connectivity index (χ4n) is 2.24. The smallest absolute Gasteiger partial charge is 0.0726 e. The summed E-state index contributed by atoms with van der Waals surface area (Å²) in [5.41, 5.74) is 4.60. The molecule has 0 aliphatic heterocycles. The summed E-state index contributed by atoms with van der Waals surface area (Å²) in [6.07, 6.45) is 1.14. The van der Waals surface area contributed by atoms with E-state index in [4.69, 9.17) is 0 Å². The molecule has 1 N–H and O–H groups in total. The normalized spacial score (nSPS) is 10.7. The van der Waals surface area contributed by atoms with E-state index in [1.165, 1.54) is 16.6 Å². The number of hydrogen-bond acceptors (Lipinski definition) is 3. The fourth-order valence-corrected chi connectivity index (χ4v) is 2.24. The summed E-state index contributed by atoms with van der Waals surface area (Å²) in [6, 6.07) is 8.56. The Labute approximate surface area is 127 Å². The van der Waals surface area contributed by atoms with E-state index in [2.05, 4.69) is 60.5 Å². The lowest BCUT2D eigenvalue weighted by Crippen LogP contribution is -2.16. The first-order valence-electron chi connectivity index (χ1n) is 6.83. The number of rotatable bonds is 5. The van der Waals surface area contributed by atoms with Crippen LogP contribution in [0.3, 0.4) is 0 Å². The standard InChI is InChI=1S/C16H23N3.ClH/c1-12-6-7-15-14(10-12)16(11-13(2)18-15)17-8-5-9-19(3)4;/h6-7,10-11H,5,8-9H2,1-4H3,(H,17,18);1H. The van der Waals surface area contributed by atoms with E-state index < -0.39 is 0 Å². The molecule has 0 radical (unpaired) electrons. The van der Waals surface area contributed by atoms with Crippen LogP contribution in [-0.4, -0.2) is 37.1 Å². The Morgan fingerprint density at radius 1 is 1.15 bits per heavy atom. The Kier molecular flexibility index (Phi) is 6.24. The molecule has 0 aliphatic carbocycles. The van der Waals surface area contributed by atoms with Crippen molar-refractivity contribution in [2.24, 2.45) is 0 Å². The zero-order chi connectivity index (χ0) is 13.8. The zero-order valence-corrected chi connectivity index (χ0v) is 13.5. The van der Waals surface area contributed by atoms with E-state index in [-0.39, 0.29) is 12.4 Å². The fraction of sp³-hybridized carbons (Fsp3) is 0.438. The van der Waals surface area contributed by atoms with Crippen molar-refractivity contribution in [3.05, 3.63) is 35.5 Å². The number of nitrogens with zero attached hydrogens (tertiary/aromatic N) is 2. The predicted octanol–water partition coefficient (Wildman–Crippen LogP) is 3.64. The van der Waals surface area contributed by atoms with Gasteiger partial charge >= 0.3 is 0 Å². The third kappa shape index (κ3) is 4.36. The Morgan fingerprint density at radius 2 is 1.90 bits per heavy atom. The number of fused-ring (bicyclic) bond motifs is 1. The average Bonchev–Trinajstić information content (AvgIpc) is 2.35. The van der Waals surface area contributed by atoms with E-state index in [9.17, 15) is 0 Å². The first-order chi connectivity index (χ1) is 9.06. The summed E-state index contributed by atoms with van der Waals surface area (Å²) < 4.78 is 0. The van der Waals surface area contributed by atoms with Crippen molar-refractivity contribution < 1.29 is 0 Å². The monoisotopic (exact) mass is 293 g/mol. The van der Waals surface area contributed by atoms with Crippen molar-refractivity contribution in [3.8, 4) is 0 Å². The van der Waals surface area contributed by atoms with E-state index in [1.807, 2.05) is 6.92 Å².